The minimum Gasteiger partial charge on any atom is -0.496 e. The Labute approximate surface area is 157 Å². The van der Waals surface area contributed by atoms with Crippen molar-refractivity contribution in [2.24, 2.45) is 0 Å². The number of amides is 2. The summed E-state index contributed by atoms with van der Waals surface area (Å²) in [5, 5.41) is 14.4. The molecule has 142 valence electrons. The molecule has 0 saturated heterocycles. The maximum atomic E-state index is 12.1. The smallest absolute Gasteiger partial charge is 0.326 e. The Morgan fingerprint density at radius 2 is 1.81 bits per heavy atom. The lowest BCUT2D eigenvalue weighted by Crippen LogP contribution is -2.46. The van der Waals surface area contributed by atoms with E-state index in [1.54, 1.807) is 30.3 Å². The number of rotatable bonds is 8. The van der Waals surface area contributed by atoms with Crippen molar-refractivity contribution in [3.63, 3.8) is 0 Å². The van der Waals surface area contributed by atoms with Gasteiger partial charge < -0.3 is 20.5 Å². The first kappa shape index (κ1) is 20.0. The second-order valence-electron chi connectivity index (χ2n) is 5.99. The largest absolute Gasteiger partial charge is 0.496 e. The normalized spacial score (nSPS) is 11.3. The van der Waals surface area contributed by atoms with Crippen LogP contribution in [0, 0.1) is 0 Å². The number of hydrogen-bond donors (Lipinski definition) is 3. The molecular weight excluding hydrogens is 348 g/mol. The predicted octanol–water partition coefficient (Wildman–Crippen LogP) is 2.39. The van der Waals surface area contributed by atoms with Gasteiger partial charge in [-0.2, -0.15) is 0 Å². The van der Waals surface area contributed by atoms with Crippen molar-refractivity contribution in [3.8, 4) is 5.75 Å². The van der Waals surface area contributed by atoms with Gasteiger partial charge in [0.05, 0.1) is 7.11 Å². The maximum absolute atomic E-state index is 12.1. The van der Waals surface area contributed by atoms with Gasteiger partial charge in [-0.15, -0.1) is 0 Å². The Morgan fingerprint density at radius 1 is 1.11 bits per heavy atom. The van der Waals surface area contributed by atoms with Crippen molar-refractivity contribution in [3.05, 3.63) is 65.2 Å². The van der Waals surface area contributed by atoms with E-state index in [1.165, 1.54) is 14.0 Å². The molecule has 2 aromatic rings. The van der Waals surface area contributed by atoms with E-state index in [2.05, 4.69) is 10.6 Å². The van der Waals surface area contributed by atoms with Gasteiger partial charge in [0.2, 0.25) is 0 Å². The van der Waals surface area contributed by atoms with Gasteiger partial charge in [0.25, 0.3) is 0 Å². The molecule has 7 heteroatoms. The van der Waals surface area contributed by atoms with Crippen molar-refractivity contribution in [2.75, 3.05) is 7.11 Å². The van der Waals surface area contributed by atoms with E-state index < -0.39 is 18.0 Å². The van der Waals surface area contributed by atoms with Gasteiger partial charge in [-0.05, 0) is 30.7 Å². The van der Waals surface area contributed by atoms with E-state index in [1.807, 2.05) is 18.2 Å². The predicted molar refractivity (Wildman–Crippen MR) is 99.9 cm³/mol. The zero-order valence-electron chi connectivity index (χ0n) is 15.2. The number of ketones is 1. The first-order chi connectivity index (χ1) is 12.9. The van der Waals surface area contributed by atoms with Crippen molar-refractivity contribution >= 4 is 17.8 Å². The number of carbonyl (C=O) groups excluding carboxylic acids is 2. The molecule has 0 spiro atoms. The van der Waals surface area contributed by atoms with Crippen molar-refractivity contribution in [1.82, 2.24) is 10.6 Å². The van der Waals surface area contributed by atoms with Crippen LogP contribution >= 0.6 is 0 Å². The molecule has 0 fully saturated rings. The minimum absolute atomic E-state index is 0.0911. The molecule has 27 heavy (non-hydrogen) atoms. The third kappa shape index (κ3) is 5.85. The average molecular weight is 370 g/mol. The van der Waals surface area contributed by atoms with Crippen molar-refractivity contribution < 1.29 is 24.2 Å². The number of carbonyl (C=O) groups is 3. The number of ether oxygens (including phenoxy) is 1. The van der Waals surface area contributed by atoms with Crippen LogP contribution in [-0.2, 0) is 17.8 Å². The van der Waals surface area contributed by atoms with Crippen LogP contribution in [0.3, 0.4) is 0 Å². The molecule has 2 rings (SSSR count). The summed E-state index contributed by atoms with van der Waals surface area (Å²) in [5.74, 6) is -0.693. The highest BCUT2D eigenvalue weighted by molar-refractivity contribution is 5.94. The van der Waals surface area contributed by atoms with E-state index in [4.69, 9.17) is 4.74 Å². The van der Waals surface area contributed by atoms with Gasteiger partial charge in [-0.3, -0.25) is 4.79 Å². The summed E-state index contributed by atoms with van der Waals surface area (Å²) in [5.41, 5.74) is 1.93. The quantitative estimate of drug-likeness (QED) is 0.619. The van der Waals surface area contributed by atoms with Crippen LogP contribution in [0.25, 0.3) is 0 Å². The first-order valence-corrected chi connectivity index (χ1v) is 8.39. The molecular formula is C20H22N2O5. The molecule has 7 nitrogen and oxygen atoms in total. The zero-order valence-corrected chi connectivity index (χ0v) is 15.2. The summed E-state index contributed by atoms with van der Waals surface area (Å²) in [6.45, 7) is 1.54. The van der Waals surface area contributed by atoms with Gasteiger partial charge in [0.1, 0.15) is 11.8 Å². The fourth-order valence-corrected chi connectivity index (χ4v) is 2.57. The second-order valence-corrected chi connectivity index (χ2v) is 5.99. The van der Waals surface area contributed by atoms with Crippen LogP contribution in [-0.4, -0.2) is 36.0 Å². The lowest BCUT2D eigenvalue weighted by Gasteiger charge is -2.16. The van der Waals surface area contributed by atoms with Crippen LogP contribution in [0.1, 0.15) is 28.4 Å². The van der Waals surface area contributed by atoms with Gasteiger partial charge >= 0.3 is 12.0 Å². The molecule has 0 radical (unpaired) electrons. The molecule has 0 bridgehead atoms. The minimum atomic E-state index is -1.12. The number of benzene rings is 2. The van der Waals surface area contributed by atoms with E-state index in [9.17, 15) is 19.5 Å². The number of urea groups is 1. The fraction of sp³-hybridized carbons (Fsp3) is 0.250. The van der Waals surface area contributed by atoms with Crippen LogP contribution in [0.4, 0.5) is 4.79 Å². The Bertz CT molecular complexity index is 820. The van der Waals surface area contributed by atoms with E-state index in [0.717, 1.165) is 5.56 Å². The fourth-order valence-electron chi connectivity index (χ4n) is 2.57. The Kier molecular flexibility index (Phi) is 6.93. The summed E-state index contributed by atoms with van der Waals surface area (Å²) in [6, 6.07) is 12.3. The molecule has 0 aromatic heterocycles. The summed E-state index contributed by atoms with van der Waals surface area (Å²) in [4.78, 5) is 35.1. The SMILES string of the molecule is COc1ccc(C(C)=O)cc1CNC(=O)N[C@H](Cc1ccccc1)C(=O)O. The molecule has 0 unspecified atom stereocenters. The van der Waals surface area contributed by atoms with Gasteiger partial charge in [0.15, 0.2) is 5.78 Å². The monoisotopic (exact) mass is 370 g/mol. The highest BCUT2D eigenvalue weighted by Crippen LogP contribution is 2.20. The van der Waals surface area contributed by atoms with Crippen LogP contribution < -0.4 is 15.4 Å². The summed E-state index contributed by atoms with van der Waals surface area (Å²) >= 11 is 0. The molecule has 0 saturated carbocycles. The standard InChI is InChI=1S/C20H22N2O5/c1-13(23)15-8-9-18(27-2)16(11-15)12-21-20(26)22-17(19(24)25)10-14-6-4-3-5-7-14/h3-9,11,17H,10,12H2,1-2H3,(H,24,25)(H2,21,22,26)/t17-/m1/s1. The number of aliphatic carboxylic acids is 1. The van der Waals surface area contributed by atoms with Crippen molar-refractivity contribution in [1.29, 1.82) is 0 Å². The molecule has 0 heterocycles. The molecule has 2 aromatic carbocycles. The van der Waals surface area contributed by atoms with E-state index in [0.29, 0.717) is 16.9 Å². The number of carboxylic acid groups (broad SMARTS) is 1. The zero-order chi connectivity index (χ0) is 19.8. The first-order valence-electron chi connectivity index (χ1n) is 8.39. The third-order valence-electron chi connectivity index (χ3n) is 4.01. The molecule has 0 aliphatic carbocycles. The number of Topliss-reactive ketones (excluding diaryl/α,β-unsaturated/α-hetero) is 1. The second kappa shape index (κ2) is 9.38. The number of nitrogens with one attached hydrogen (secondary N) is 2. The van der Waals surface area contributed by atoms with Gasteiger partial charge in [-0.25, -0.2) is 9.59 Å². The van der Waals surface area contributed by atoms with Crippen LogP contribution in [0.15, 0.2) is 48.5 Å². The summed E-state index contributed by atoms with van der Waals surface area (Å²) in [6.07, 6.45) is 0.173. The molecule has 0 aliphatic heterocycles. The van der Waals surface area contributed by atoms with Crippen LogP contribution in [0.5, 0.6) is 5.75 Å². The summed E-state index contributed by atoms with van der Waals surface area (Å²) in [7, 11) is 1.49. The molecule has 2 amide bonds. The van der Waals surface area contributed by atoms with Gasteiger partial charge in [-0.1, -0.05) is 30.3 Å². The molecule has 1 atom stereocenters. The lowest BCUT2D eigenvalue weighted by molar-refractivity contribution is -0.139. The Balaban J connectivity index is 2.01. The summed E-state index contributed by atoms with van der Waals surface area (Å²) < 4.78 is 5.23. The van der Waals surface area contributed by atoms with Crippen molar-refractivity contribution in [2.45, 2.75) is 25.9 Å². The highest BCUT2D eigenvalue weighted by atomic mass is 16.5. The van der Waals surface area contributed by atoms with E-state index in [-0.39, 0.29) is 18.7 Å². The number of hydrogen-bond acceptors (Lipinski definition) is 4. The van der Waals surface area contributed by atoms with E-state index >= 15 is 0 Å². The topological polar surface area (TPSA) is 105 Å². The highest BCUT2D eigenvalue weighted by Gasteiger charge is 2.20. The van der Waals surface area contributed by atoms with Crippen LogP contribution in [0.2, 0.25) is 0 Å². The number of carboxylic acids is 1. The molecule has 0 aliphatic rings. The number of methoxy groups -OCH3 is 1. The maximum Gasteiger partial charge on any atom is 0.326 e. The molecule has 3 N–H and O–H groups in total. The lowest BCUT2D eigenvalue weighted by atomic mass is 10.1. The third-order valence-corrected chi connectivity index (χ3v) is 4.01. The average Bonchev–Trinajstić information content (AvgIpc) is 2.66. The van der Waals surface area contributed by atoms with Gasteiger partial charge in [0, 0.05) is 24.1 Å². The Hall–Kier alpha value is -3.35. The Morgan fingerprint density at radius 3 is 2.41 bits per heavy atom.